The molecular formula is C80H153NO5. The van der Waals surface area contributed by atoms with Gasteiger partial charge >= 0.3 is 5.97 Å². The molecule has 0 saturated carbocycles. The van der Waals surface area contributed by atoms with Crippen LogP contribution >= 0.6 is 0 Å². The lowest BCUT2D eigenvalue weighted by Gasteiger charge is -2.20. The van der Waals surface area contributed by atoms with Crippen molar-refractivity contribution in [1.82, 2.24) is 5.32 Å². The summed E-state index contributed by atoms with van der Waals surface area (Å²) in [4.78, 5) is 24.6. The van der Waals surface area contributed by atoms with Gasteiger partial charge in [0.25, 0.3) is 0 Å². The molecule has 0 bridgehead atoms. The molecule has 1 amide bonds. The van der Waals surface area contributed by atoms with E-state index in [0.717, 1.165) is 51.4 Å². The van der Waals surface area contributed by atoms with Crippen LogP contribution < -0.4 is 5.32 Å². The van der Waals surface area contributed by atoms with E-state index in [2.05, 4.69) is 43.5 Å². The van der Waals surface area contributed by atoms with E-state index in [9.17, 15) is 19.8 Å². The Labute approximate surface area is 538 Å². The van der Waals surface area contributed by atoms with Crippen LogP contribution in [0.25, 0.3) is 0 Å². The van der Waals surface area contributed by atoms with Gasteiger partial charge < -0.3 is 20.3 Å². The van der Waals surface area contributed by atoms with Gasteiger partial charge in [0.2, 0.25) is 5.91 Å². The van der Waals surface area contributed by atoms with Crippen LogP contribution in [0, 0.1) is 0 Å². The third-order valence-corrected chi connectivity index (χ3v) is 18.4. The van der Waals surface area contributed by atoms with Gasteiger partial charge in [-0.1, -0.05) is 403 Å². The van der Waals surface area contributed by atoms with Gasteiger partial charge in [0.15, 0.2) is 0 Å². The summed E-state index contributed by atoms with van der Waals surface area (Å²) in [6.07, 6.45) is 98.4. The first-order valence-electron chi connectivity index (χ1n) is 39.3. The van der Waals surface area contributed by atoms with E-state index >= 15 is 0 Å². The van der Waals surface area contributed by atoms with Crippen molar-refractivity contribution in [2.75, 3.05) is 13.2 Å². The predicted octanol–water partition coefficient (Wildman–Crippen LogP) is 25.8. The highest BCUT2D eigenvalue weighted by molar-refractivity contribution is 5.76. The first-order valence-corrected chi connectivity index (χ1v) is 39.3. The van der Waals surface area contributed by atoms with Gasteiger partial charge in [0.1, 0.15) is 0 Å². The van der Waals surface area contributed by atoms with Crippen LogP contribution in [-0.4, -0.2) is 47.4 Å². The Morgan fingerprint density at radius 1 is 0.326 bits per heavy atom. The Hall–Kier alpha value is -1.92. The third-order valence-electron chi connectivity index (χ3n) is 18.4. The van der Waals surface area contributed by atoms with E-state index in [0.29, 0.717) is 19.4 Å². The SMILES string of the molecule is CCCC/C=C\C/C=C\CCCCCCCC(=O)OCCCCCCCCCCCCCCCCCCCCCCCCCCCCCCCCCC(=O)NC(CO)C(O)/C=C/CCCCCCCCCCCCCCCCCCCCCCCC. The van der Waals surface area contributed by atoms with Crippen molar-refractivity contribution in [1.29, 1.82) is 0 Å². The van der Waals surface area contributed by atoms with E-state index in [1.54, 1.807) is 6.08 Å². The van der Waals surface area contributed by atoms with Crippen molar-refractivity contribution >= 4 is 11.9 Å². The summed E-state index contributed by atoms with van der Waals surface area (Å²) in [5, 5.41) is 23.3. The lowest BCUT2D eigenvalue weighted by atomic mass is 10.0. The van der Waals surface area contributed by atoms with Crippen LogP contribution in [-0.2, 0) is 14.3 Å². The highest BCUT2D eigenvalue weighted by Crippen LogP contribution is 2.20. The Kier molecular flexibility index (Phi) is 73.9. The number of allylic oxidation sites excluding steroid dienone is 5. The van der Waals surface area contributed by atoms with Crippen LogP contribution in [0.3, 0.4) is 0 Å². The normalized spacial score (nSPS) is 12.7. The molecule has 508 valence electrons. The maximum Gasteiger partial charge on any atom is 0.305 e. The van der Waals surface area contributed by atoms with Crippen molar-refractivity contribution in [3.05, 3.63) is 36.5 Å². The molecule has 86 heavy (non-hydrogen) atoms. The number of carbonyl (C=O) groups is 2. The molecule has 6 nitrogen and oxygen atoms in total. The topological polar surface area (TPSA) is 95.9 Å². The van der Waals surface area contributed by atoms with E-state index in [1.165, 1.54) is 360 Å². The largest absolute Gasteiger partial charge is 0.466 e. The molecule has 0 aromatic heterocycles. The summed E-state index contributed by atoms with van der Waals surface area (Å²) in [6.45, 7) is 4.91. The zero-order valence-electron chi connectivity index (χ0n) is 58.3. The smallest absolute Gasteiger partial charge is 0.305 e. The molecule has 0 aliphatic heterocycles. The average Bonchev–Trinajstić information content (AvgIpc) is 3.54. The van der Waals surface area contributed by atoms with Gasteiger partial charge in [-0.2, -0.15) is 0 Å². The molecule has 0 spiro atoms. The third kappa shape index (κ3) is 71.2. The minimum atomic E-state index is -0.843. The second-order valence-electron chi connectivity index (χ2n) is 27.0. The number of aliphatic hydroxyl groups is 2. The summed E-state index contributed by atoms with van der Waals surface area (Å²) in [7, 11) is 0. The molecule has 0 rings (SSSR count). The molecule has 0 radical (unpaired) electrons. The Balaban J connectivity index is 3.36. The molecule has 2 atom stereocenters. The molecule has 2 unspecified atom stereocenters. The average molecular weight is 1210 g/mol. The summed E-state index contributed by atoms with van der Waals surface area (Å²) in [6, 6.07) is -0.626. The molecule has 0 aliphatic carbocycles. The fourth-order valence-corrected chi connectivity index (χ4v) is 12.4. The van der Waals surface area contributed by atoms with Crippen molar-refractivity contribution in [2.24, 2.45) is 0 Å². The van der Waals surface area contributed by atoms with E-state index in [4.69, 9.17) is 4.74 Å². The van der Waals surface area contributed by atoms with Gasteiger partial charge in [-0.05, 0) is 57.8 Å². The monoisotopic (exact) mass is 1210 g/mol. The summed E-state index contributed by atoms with van der Waals surface area (Å²) >= 11 is 0. The molecule has 0 heterocycles. The summed E-state index contributed by atoms with van der Waals surface area (Å²) in [5.41, 5.74) is 0. The minimum Gasteiger partial charge on any atom is -0.466 e. The predicted molar refractivity (Wildman–Crippen MR) is 379 cm³/mol. The highest BCUT2D eigenvalue weighted by atomic mass is 16.5. The number of amides is 1. The molecule has 0 aromatic carbocycles. The number of unbranched alkanes of at least 4 members (excludes halogenated alkanes) is 59. The van der Waals surface area contributed by atoms with Crippen molar-refractivity contribution < 1.29 is 24.5 Å². The van der Waals surface area contributed by atoms with Crippen LogP contribution in [0.5, 0.6) is 0 Å². The molecular weight excluding hydrogens is 1050 g/mol. The number of aliphatic hydroxyl groups excluding tert-OH is 2. The maximum atomic E-state index is 12.6. The zero-order chi connectivity index (χ0) is 62.0. The molecule has 3 N–H and O–H groups in total. The number of hydrogen-bond donors (Lipinski definition) is 3. The zero-order valence-corrected chi connectivity index (χ0v) is 58.3. The van der Waals surface area contributed by atoms with E-state index in [-0.39, 0.29) is 18.5 Å². The summed E-state index contributed by atoms with van der Waals surface area (Å²) < 4.78 is 5.49. The fraction of sp³-hybridized carbons (Fsp3) is 0.900. The van der Waals surface area contributed by atoms with E-state index < -0.39 is 12.1 Å². The highest BCUT2D eigenvalue weighted by Gasteiger charge is 2.18. The van der Waals surface area contributed by atoms with Gasteiger partial charge in [-0.3, -0.25) is 9.59 Å². The lowest BCUT2D eigenvalue weighted by Crippen LogP contribution is -2.45. The second kappa shape index (κ2) is 75.5. The van der Waals surface area contributed by atoms with Crippen LogP contribution in [0.1, 0.15) is 438 Å². The maximum absolute atomic E-state index is 12.6. The Morgan fingerprint density at radius 3 is 0.919 bits per heavy atom. The number of ether oxygens (including phenoxy) is 1. The minimum absolute atomic E-state index is 0.00635. The van der Waals surface area contributed by atoms with Crippen molar-refractivity contribution in [3.8, 4) is 0 Å². The van der Waals surface area contributed by atoms with Crippen molar-refractivity contribution in [3.63, 3.8) is 0 Å². The number of nitrogens with one attached hydrogen (secondary N) is 1. The van der Waals surface area contributed by atoms with E-state index in [1.807, 2.05) is 6.08 Å². The fourth-order valence-electron chi connectivity index (χ4n) is 12.4. The first kappa shape index (κ1) is 84.1. The quantitative estimate of drug-likeness (QED) is 0.0320. The van der Waals surface area contributed by atoms with Gasteiger partial charge in [-0.25, -0.2) is 0 Å². The van der Waals surface area contributed by atoms with Gasteiger partial charge in [0, 0.05) is 12.8 Å². The summed E-state index contributed by atoms with van der Waals surface area (Å²) in [5.74, 6) is -0.0525. The molecule has 0 aromatic rings. The Bertz CT molecular complexity index is 1390. The number of rotatable bonds is 74. The molecule has 6 heteroatoms. The lowest BCUT2D eigenvalue weighted by molar-refractivity contribution is -0.143. The number of carbonyl (C=O) groups excluding carboxylic acids is 2. The van der Waals surface area contributed by atoms with Crippen LogP contribution in [0.2, 0.25) is 0 Å². The number of hydrogen-bond acceptors (Lipinski definition) is 5. The van der Waals surface area contributed by atoms with Crippen molar-refractivity contribution in [2.45, 2.75) is 450 Å². The second-order valence-corrected chi connectivity index (χ2v) is 27.0. The van der Waals surface area contributed by atoms with Crippen LogP contribution in [0.15, 0.2) is 36.5 Å². The number of esters is 1. The van der Waals surface area contributed by atoms with Gasteiger partial charge in [0.05, 0.1) is 25.4 Å². The standard InChI is InChI=1S/C80H153NO5/c1-3-5-7-9-11-13-15-17-19-20-21-22-23-33-36-39-42-45-48-52-56-60-64-68-72-78(83)77(76-82)81-79(84)73-69-65-61-57-53-49-46-43-40-37-34-31-29-27-25-24-26-28-30-32-35-38-41-44-47-51-55-59-63-67-71-75-86-80(85)74-70-66-62-58-54-50-18-16-14-12-10-8-6-4-2/h10,12,16,18,68,72,77-78,82-83H,3-9,11,13-15,17,19-67,69-71,73-76H2,1-2H3,(H,81,84)/b12-10-,18-16-,72-68+. The molecule has 0 aliphatic rings. The Morgan fingerprint density at radius 2 is 0.593 bits per heavy atom. The molecule has 0 fully saturated rings. The first-order chi connectivity index (χ1) is 42.5. The van der Waals surface area contributed by atoms with Gasteiger partial charge in [-0.15, -0.1) is 0 Å². The molecule has 0 saturated heterocycles. The van der Waals surface area contributed by atoms with Crippen LogP contribution in [0.4, 0.5) is 0 Å².